The number of nitrogens with zero attached hydrogens (tertiary/aromatic N) is 3. The van der Waals surface area contributed by atoms with Crippen molar-refractivity contribution in [3.63, 3.8) is 0 Å². The van der Waals surface area contributed by atoms with Gasteiger partial charge in [-0.1, -0.05) is 12.1 Å². The number of para-hydroxylation sites is 1. The summed E-state index contributed by atoms with van der Waals surface area (Å²) in [6.07, 6.45) is 3.70. The Labute approximate surface area is 123 Å². The summed E-state index contributed by atoms with van der Waals surface area (Å²) >= 11 is 0. The molecule has 0 aliphatic rings. The van der Waals surface area contributed by atoms with E-state index in [1.807, 2.05) is 49.6 Å². The van der Waals surface area contributed by atoms with Crippen LogP contribution >= 0.6 is 0 Å². The summed E-state index contributed by atoms with van der Waals surface area (Å²) in [6, 6.07) is 10.1. The van der Waals surface area contributed by atoms with Gasteiger partial charge in [-0.3, -0.25) is 10.1 Å². The zero-order chi connectivity index (χ0) is 14.7. The molecule has 0 aliphatic heterocycles. The second kappa shape index (κ2) is 5.75. The van der Waals surface area contributed by atoms with E-state index in [0.717, 1.165) is 23.6 Å². The Balaban J connectivity index is 1.85. The third-order valence-corrected chi connectivity index (χ3v) is 3.38. The molecule has 0 saturated heterocycles. The molecule has 2 heterocycles. The van der Waals surface area contributed by atoms with E-state index in [0.29, 0.717) is 5.82 Å². The highest BCUT2D eigenvalue weighted by Gasteiger charge is 2.09. The van der Waals surface area contributed by atoms with Gasteiger partial charge in [0.15, 0.2) is 5.82 Å². The van der Waals surface area contributed by atoms with Crippen LogP contribution in [0.15, 0.2) is 42.7 Å². The lowest BCUT2D eigenvalue weighted by Crippen LogP contribution is -2.03. The molecule has 0 amide bonds. The van der Waals surface area contributed by atoms with Crippen molar-refractivity contribution in [3.05, 3.63) is 59.7 Å². The van der Waals surface area contributed by atoms with Crippen LogP contribution in [0.4, 0.5) is 5.69 Å². The van der Waals surface area contributed by atoms with Gasteiger partial charge in [0, 0.05) is 30.2 Å². The Hall–Kier alpha value is -2.69. The van der Waals surface area contributed by atoms with Crippen LogP contribution in [0, 0.1) is 13.8 Å². The Kier molecular flexibility index (Phi) is 3.64. The molecule has 2 aromatic heterocycles. The summed E-state index contributed by atoms with van der Waals surface area (Å²) in [7, 11) is 0. The maximum Gasteiger partial charge on any atom is 0.183 e. The van der Waals surface area contributed by atoms with Crippen molar-refractivity contribution in [2.24, 2.45) is 0 Å². The minimum absolute atomic E-state index is 0.707. The van der Waals surface area contributed by atoms with Crippen molar-refractivity contribution in [2.75, 3.05) is 5.32 Å². The summed E-state index contributed by atoms with van der Waals surface area (Å²) in [5.74, 6) is 1.52. The third kappa shape index (κ3) is 2.91. The minimum atomic E-state index is 0.707. The van der Waals surface area contributed by atoms with Crippen LogP contribution in [-0.2, 0) is 6.54 Å². The summed E-state index contributed by atoms with van der Waals surface area (Å²) in [6.45, 7) is 4.70. The Morgan fingerprint density at radius 1 is 1.14 bits per heavy atom. The zero-order valence-electron chi connectivity index (χ0n) is 12.1. The topological polar surface area (TPSA) is 66.5 Å². The van der Waals surface area contributed by atoms with Crippen LogP contribution in [0.5, 0.6) is 0 Å². The zero-order valence-corrected chi connectivity index (χ0v) is 12.1. The van der Waals surface area contributed by atoms with Gasteiger partial charge in [0.1, 0.15) is 5.82 Å². The number of H-pyrrole nitrogens is 1. The van der Waals surface area contributed by atoms with E-state index < -0.39 is 0 Å². The van der Waals surface area contributed by atoms with E-state index in [9.17, 15) is 0 Å². The molecule has 3 aromatic rings. The van der Waals surface area contributed by atoms with Crippen LogP contribution < -0.4 is 5.32 Å². The van der Waals surface area contributed by atoms with Crippen LogP contribution in [0.2, 0.25) is 0 Å². The minimum Gasteiger partial charge on any atom is -0.380 e. The van der Waals surface area contributed by atoms with Crippen molar-refractivity contribution in [3.8, 4) is 11.4 Å². The SMILES string of the molecule is Cc1nc(-c2ccccc2NCc2cnccc2C)n[nH]1. The summed E-state index contributed by atoms with van der Waals surface area (Å²) in [5, 5.41) is 10.6. The quantitative estimate of drug-likeness (QED) is 0.770. The Bertz CT molecular complexity index is 748. The first-order valence-electron chi connectivity index (χ1n) is 6.86. The number of pyridine rings is 1. The predicted octanol–water partition coefficient (Wildman–Crippen LogP) is 3.10. The molecule has 106 valence electrons. The molecule has 2 N–H and O–H groups in total. The fourth-order valence-electron chi connectivity index (χ4n) is 2.17. The van der Waals surface area contributed by atoms with Gasteiger partial charge in [0.25, 0.3) is 0 Å². The number of benzene rings is 1. The molecule has 0 radical (unpaired) electrons. The molecule has 0 saturated carbocycles. The van der Waals surface area contributed by atoms with Gasteiger partial charge in [0.05, 0.1) is 0 Å². The van der Waals surface area contributed by atoms with Crippen molar-refractivity contribution in [2.45, 2.75) is 20.4 Å². The number of aromatic nitrogens is 4. The lowest BCUT2D eigenvalue weighted by atomic mass is 10.1. The van der Waals surface area contributed by atoms with Crippen LogP contribution in [0.25, 0.3) is 11.4 Å². The molecule has 3 rings (SSSR count). The fraction of sp³-hybridized carbons (Fsp3) is 0.188. The first-order chi connectivity index (χ1) is 10.2. The molecular formula is C16H17N5. The number of rotatable bonds is 4. The molecule has 0 unspecified atom stereocenters. The molecule has 5 nitrogen and oxygen atoms in total. The lowest BCUT2D eigenvalue weighted by molar-refractivity contribution is 1.04. The summed E-state index contributed by atoms with van der Waals surface area (Å²) in [5.41, 5.74) is 4.41. The van der Waals surface area contributed by atoms with Crippen LogP contribution in [-0.4, -0.2) is 20.2 Å². The number of anilines is 1. The van der Waals surface area contributed by atoms with Gasteiger partial charge >= 0.3 is 0 Å². The molecule has 0 fully saturated rings. The van der Waals surface area contributed by atoms with E-state index >= 15 is 0 Å². The third-order valence-electron chi connectivity index (χ3n) is 3.38. The molecule has 0 spiro atoms. The average molecular weight is 279 g/mol. The van der Waals surface area contributed by atoms with Crippen molar-refractivity contribution in [1.82, 2.24) is 20.2 Å². The number of aromatic amines is 1. The molecular weight excluding hydrogens is 262 g/mol. The van der Waals surface area contributed by atoms with Crippen molar-refractivity contribution in [1.29, 1.82) is 0 Å². The van der Waals surface area contributed by atoms with E-state index in [1.54, 1.807) is 0 Å². The summed E-state index contributed by atoms with van der Waals surface area (Å²) in [4.78, 5) is 8.57. The number of hydrogen-bond donors (Lipinski definition) is 2. The second-order valence-corrected chi connectivity index (χ2v) is 4.95. The number of nitrogens with one attached hydrogen (secondary N) is 2. The Morgan fingerprint density at radius 3 is 2.76 bits per heavy atom. The first-order valence-corrected chi connectivity index (χ1v) is 6.86. The smallest absolute Gasteiger partial charge is 0.183 e. The highest BCUT2D eigenvalue weighted by atomic mass is 15.2. The average Bonchev–Trinajstić information content (AvgIpc) is 2.93. The van der Waals surface area contributed by atoms with E-state index in [4.69, 9.17) is 0 Å². The monoisotopic (exact) mass is 279 g/mol. The van der Waals surface area contributed by atoms with Gasteiger partial charge in [-0.2, -0.15) is 5.10 Å². The molecule has 0 aliphatic carbocycles. The highest BCUT2D eigenvalue weighted by molar-refractivity contribution is 5.73. The van der Waals surface area contributed by atoms with E-state index in [-0.39, 0.29) is 0 Å². The normalized spacial score (nSPS) is 10.6. The van der Waals surface area contributed by atoms with Gasteiger partial charge in [-0.25, -0.2) is 4.98 Å². The molecule has 0 bridgehead atoms. The van der Waals surface area contributed by atoms with Gasteiger partial charge in [-0.15, -0.1) is 0 Å². The van der Waals surface area contributed by atoms with Gasteiger partial charge < -0.3 is 5.32 Å². The van der Waals surface area contributed by atoms with Gasteiger partial charge in [0.2, 0.25) is 0 Å². The van der Waals surface area contributed by atoms with Crippen molar-refractivity contribution >= 4 is 5.69 Å². The molecule has 21 heavy (non-hydrogen) atoms. The Morgan fingerprint density at radius 2 is 2.00 bits per heavy atom. The van der Waals surface area contributed by atoms with Crippen molar-refractivity contribution < 1.29 is 0 Å². The predicted molar refractivity (Wildman–Crippen MR) is 82.9 cm³/mol. The van der Waals surface area contributed by atoms with Crippen LogP contribution in [0.1, 0.15) is 17.0 Å². The maximum absolute atomic E-state index is 4.40. The van der Waals surface area contributed by atoms with E-state index in [1.165, 1.54) is 11.1 Å². The largest absolute Gasteiger partial charge is 0.380 e. The maximum atomic E-state index is 4.40. The highest BCUT2D eigenvalue weighted by Crippen LogP contribution is 2.25. The van der Waals surface area contributed by atoms with Crippen LogP contribution in [0.3, 0.4) is 0 Å². The van der Waals surface area contributed by atoms with E-state index in [2.05, 4.69) is 32.4 Å². The molecule has 5 heteroatoms. The molecule has 1 aromatic carbocycles. The first kappa shape index (κ1) is 13.3. The summed E-state index contributed by atoms with van der Waals surface area (Å²) < 4.78 is 0. The lowest BCUT2D eigenvalue weighted by Gasteiger charge is -2.11. The standard InChI is InChI=1S/C16H17N5/c1-11-7-8-17-9-13(11)10-18-15-6-4-3-5-14(15)16-19-12(2)20-21-16/h3-9,18H,10H2,1-2H3,(H,19,20,21). The fourth-order valence-corrected chi connectivity index (χ4v) is 2.17. The second-order valence-electron chi connectivity index (χ2n) is 4.95. The van der Waals surface area contributed by atoms with Gasteiger partial charge in [-0.05, 0) is 43.2 Å². The number of hydrogen-bond acceptors (Lipinski definition) is 4. The molecule has 0 atom stereocenters. The number of aryl methyl sites for hydroxylation is 2.